The Bertz CT molecular complexity index is 858. The van der Waals surface area contributed by atoms with E-state index in [0.717, 1.165) is 16.9 Å². The van der Waals surface area contributed by atoms with Gasteiger partial charge in [0.25, 0.3) is 5.56 Å². The van der Waals surface area contributed by atoms with Crippen LogP contribution in [0.25, 0.3) is 10.8 Å². The second kappa shape index (κ2) is 5.05. The first-order valence-corrected chi connectivity index (χ1v) is 6.79. The lowest BCUT2D eigenvalue weighted by Gasteiger charge is -2.13. The molecule has 1 heterocycles. The van der Waals surface area contributed by atoms with Gasteiger partial charge < -0.3 is 4.74 Å². The molecule has 0 aliphatic rings. The molecule has 1 aromatic heterocycles. The third-order valence-electron chi connectivity index (χ3n) is 3.46. The lowest BCUT2D eigenvalue weighted by molar-refractivity contribution is 0.454. The van der Waals surface area contributed by atoms with Crippen molar-refractivity contribution in [1.29, 1.82) is 0 Å². The molecule has 0 unspecified atom stereocenters. The van der Waals surface area contributed by atoms with E-state index in [-0.39, 0.29) is 5.56 Å². The van der Waals surface area contributed by atoms with E-state index in [4.69, 9.17) is 4.74 Å². The number of hydrogen-bond acceptors (Lipinski definition) is 3. The average Bonchev–Trinajstić information content (AvgIpc) is 2.45. The topological polar surface area (TPSA) is 55.0 Å². The van der Waals surface area contributed by atoms with Crippen LogP contribution in [0.2, 0.25) is 0 Å². The third kappa shape index (κ3) is 2.40. The number of fused-ring (bicyclic) bond motifs is 1. The number of benzene rings is 2. The Morgan fingerprint density at radius 2 is 1.62 bits per heavy atom. The fraction of sp³-hybridized carbons (Fsp3) is 0.176. The summed E-state index contributed by atoms with van der Waals surface area (Å²) in [6, 6.07) is 11.4. The Balaban J connectivity index is 2.16. The smallest absolute Gasteiger partial charge is 0.272 e. The van der Waals surface area contributed by atoms with E-state index in [0.29, 0.717) is 16.7 Å². The van der Waals surface area contributed by atoms with Crippen LogP contribution in [-0.2, 0) is 0 Å². The molecule has 0 saturated carbocycles. The Morgan fingerprint density at radius 1 is 1.00 bits per heavy atom. The van der Waals surface area contributed by atoms with Gasteiger partial charge >= 0.3 is 0 Å². The van der Waals surface area contributed by atoms with Crippen molar-refractivity contribution in [1.82, 2.24) is 10.2 Å². The Kier molecular flexibility index (Phi) is 3.22. The highest BCUT2D eigenvalue weighted by atomic mass is 16.5. The summed E-state index contributed by atoms with van der Waals surface area (Å²) in [5.74, 6) is 1.20. The van der Waals surface area contributed by atoms with E-state index < -0.39 is 0 Å². The van der Waals surface area contributed by atoms with Crippen LogP contribution in [0.3, 0.4) is 0 Å². The fourth-order valence-electron chi connectivity index (χ4n) is 2.59. The molecule has 4 heteroatoms. The van der Waals surface area contributed by atoms with Gasteiger partial charge in [-0.05, 0) is 44.0 Å². The molecule has 21 heavy (non-hydrogen) atoms. The fourth-order valence-corrected chi connectivity index (χ4v) is 2.59. The molecular formula is C17H16N2O2. The number of ether oxygens (including phenoxy) is 1. The van der Waals surface area contributed by atoms with Crippen molar-refractivity contribution < 1.29 is 4.74 Å². The van der Waals surface area contributed by atoms with Crippen LogP contribution in [0, 0.1) is 20.8 Å². The highest BCUT2D eigenvalue weighted by Crippen LogP contribution is 2.31. The van der Waals surface area contributed by atoms with Crippen molar-refractivity contribution in [2.24, 2.45) is 0 Å². The Morgan fingerprint density at radius 3 is 2.29 bits per heavy atom. The van der Waals surface area contributed by atoms with Crippen LogP contribution in [-0.4, -0.2) is 10.2 Å². The second-order valence-electron chi connectivity index (χ2n) is 5.23. The van der Waals surface area contributed by atoms with Gasteiger partial charge in [0.15, 0.2) is 0 Å². The van der Waals surface area contributed by atoms with E-state index in [1.807, 2.05) is 32.0 Å². The number of aryl methyl sites for hydroxylation is 3. The molecule has 1 N–H and O–H groups in total. The summed E-state index contributed by atoms with van der Waals surface area (Å²) in [6.45, 7) is 6.06. The number of rotatable bonds is 2. The summed E-state index contributed by atoms with van der Waals surface area (Å²) in [5, 5.41) is 7.81. The number of aromatic amines is 1. The number of H-pyrrole nitrogens is 1. The zero-order valence-corrected chi connectivity index (χ0v) is 12.2. The van der Waals surface area contributed by atoms with Gasteiger partial charge in [-0.25, -0.2) is 5.10 Å². The highest BCUT2D eigenvalue weighted by Gasteiger charge is 2.11. The van der Waals surface area contributed by atoms with Crippen molar-refractivity contribution in [3.05, 3.63) is 63.4 Å². The number of aromatic nitrogens is 2. The summed E-state index contributed by atoms with van der Waals surface area (Å²) < 4.78 is 5.98. The molecule has 106 valence electrons. The van der Waals surface area contributed by atoms with Gasteiger partial charge in [-0.2, -0.15) is 0 Å². The predicted molar refractivity (Wildman–Crippen MR) is 83.1 cm³/mol. The van der Waals surface area contributed by atoms with Crippen LogP contribution in [0.1, 0.15) is 16.7 Å². The molecule has 0 aliphatic heterocycles. The maximum Gasteiger partial charge on any atom is 0.272 e. The number of hydrogen-bond donors (Lipinski definition) is 1. The van der Waals surface area contributed by atoms with Gasteiger partial charge in [0.1, 0.15) is 5.75 Å². The molecule has 0 saturated heterocycles. The molecule has 0 atom stereocenters. The lowest BCUT2D eigenvalue weighted by Crippen LogP contribution is -2.09. The van der Waals surface area contributed by atoms with Crippen molar-refractivity contribution in [2.75, 3.05) is 0 Å². The molecule has 0 amide bonds. The van der Waals surface area contributed by atoms with Crippen molar-refractivity contribution in [3.63, 3.8) is 0 Å². The number of nitrogens with zero attached hydrogens (tertiary/aromatic N) is 1. The first-order valence-electron chi connectivity index (χ1n) is 6.79. The minimum atomic E-state index is -0.213. The van der Waals surface area contributed by atoms with E-state index in [2.05, 4.69) is 29.3 Å². The first kappa shape index (κ1) is 13.4. The molecule has 3 aromatic rings. The maximum absolute atomic E-state index is 11.8. The molecule has 0 spiro atoms. The van der Waals surface area contributed by atoms with Gasteiger partial charge in [-0.15, -0.1) is 5.10 Å². The monoisotopic (exact) mass is 280 g/mol. The molecule has 4 nitrogen and oxygen atoms in total. The predicted octanol–water partition coefficient (Wildman–Crippen LogP) is 3.64. The van der Waals surface area contributed by atoms with E-state index in [9.17, 15) is 4.79 Å². The zero-order chi connectivity index (χ0) is 15.0. The molecular weight excluding hydrogens is 264 g/mol. The standard InChI is InChI=1S/C17H16N2O2/c1-10-8-11(2)15(12(3)9-10)21-17-14-7-5-4-6-13(14)16(20)18-19-17/h4-9H,1-3H3,(H,18,20). The molecule has 0 bridgehead atoms. The first-order chi connectivity index (χ1) is 10.1. The van der Waals surface area contributed by atoms with Gasteiger partial charge in [-0.3, -0.25) is 4.79 Å². The summed E-state index contributed by atoms with van der Waals surface area (Å²) in [4.78, 5) is 11.8. The maximum atomic E-state index is 11.8. The van der Waals surface area contributed by atoms with E-state index >= 15 is 0 Å². The summed E-state index contributed by atoms with van der Waals surface area (Å²) >= 11 is 0. The van der Waals surface area contributed by atoms with Crippen LogP contribution in [0.4, 0.5) is 0 Å². The van der Waals surface area contributed by atoms with Crippen molar-refractivity contribution in [3.8, 4) is 11.6 Å². The summed E-state index contributed by atoms with van der Waals surface area (Å²) in [6.07, 6.45) is 0. The molecule has 0 aliphatic carbocycles. The van der Waals surface area contributed by atoms with Gasteiger partial charge in [-0.1, -0.05) is 29.8 Å². The highest BCUT2D eigenvalue weighted by molar-refractivity contribution is 5.85. The minimum Gasteiger partial charge on any atom is -0.437 e. The third-order valence-corrected chi connectivity index (χ3v) is 3.46. The van der Waals surface area contributed by atoms with E-state index in [1.165, 1.54) is 5.56 Å². The zero-order valence-electron chi connectivity index (χ0n) is 12.2. The Hall–Kier alpha value is -2.62. The van der Waals surface area contributed by atoms with Gasteiger partial charge in [0.05, 0.1) is 10.8 Å². The Labute approximate surface area is 122 Å². The minimum absolute atomic E-state index is 0.213. The number of nitrogens with one attached hydrogen (secondary N) is 1. The van der Waals surface area contributed by atoms with Crippen molar-refractivity contribution in [2.45, 2.75) is 20.8 Å². The van der Waals surface area contributed by atoms with Crippen LogP contribution >= 0.6 is 0 Å². The largest absolute Gasteiger partial charge is 0.437 e. The SMILES string of the molecule is Cc1cc(C)c(Oc2n[nH]c(=O)c3ccccc23)c(C)c1. The van der Waals surface area contributed by atoms with Crippen LogP contribution in [0.15, 0.2) is 41.2 Å². The average molecular weight is 280 g/mol. The molecule has 3 rings (SSSR count). The summed E-state index contributed by atoms with van der Waals surface area (Å²) in [7, 11) is 0. The molecule has 2 aromatic carbocycles. The van der Waals surface area contributed by atoms with Crippen molar-refractivity contribution >= 4 is 10.8 Å². The van der Waals surface area contributed by atoms with Crippen LogP contribution in [0.5, 0.6) is 11.6 Å². The normalized spacial score (nSPS) is 10.8. The van der Waals surface area contributed by atoms with Gasteiger partial charge in [0.2, 0.25) is 5.88 Å². The molecule has 0 fully saturated rings. The second-order valence-corrected chi connectivity index (χ2v) is 5.23. The van der Waals surface area contributed by atoms with E-state index in [1.54, 1.807) is 6.07 Å². The summed E-state index contributed by atoms with van der Waals surface area (Å²) in [5.41, 5.74) is 3.07. The molecule has 0 radical (unpaired) electrons. The van der Waals surface area contributed by atoms with Crippen LogP contribution < -0.4 is 10.3 Å². The quantitative estimate of drug-likeness (QED) is 0.779. The van der Waals surface area contributed by atoms with Gasteiger partial charge in [0, 0.05) is 0 Å². The lowest BCUT2D eigenvalue weighted by atomic mass is 10.1.